The minimum Gasteiger partial charge on any atom is -0.378 e. The Kier molecular flexibility index (Phi) is 7.05. The van der Waals surface area contributed by atoms with Gasteiger partial charge in [0.2, 0.25) is 0 Å². The summed E-state index contributed by atoms with van der Waals surface area (Å²) in [6.07, 6.45) is 0. The molecule has 152 valence electrons. The van der Waals surface area contributed by atoms with E-state index in [1.807, 2.05) is 61.5 Å². The average Bonchev–Trinajstić information content (AvgIpc) is 2.72. The van der Waals surface area contributed by atoms with Gasteiger partial charge in [0.25, 0.3) is 7.37 Å². The molecule has 0 saturated heterocycles. The molecule has 4 nitrogen and oxygen atoms in total. The smallest absolute Gasteiger partial charge is 0.264 e. The molecule has 0 amide bonds. The number of nitrogens with zero attached hydrogens (tertiary/aromatic N) is 1. The van der Waals surface area contributed by atoms with Crippen molar-refractivity contribution in [3.63, 3.8) is 0 Å². The first-order valence-corrected chi connectivity index (χ1v) is 11.5. The van der Waals surface area contributed by atoms with Gasteiger partial charge in [-0.25, -0.2) is 0 Å². The summed E-state index contributed by atoms with van der Waals surface area (Å²) in [6, 6.07) is 21.3. The number of aliphatic hydroxyl groups excluding tert-OH is 1. The van der Waals surface area contributed by atoms with Gasteiger partial charge in [-0.2, -0.15) is 0 Å². The summed E-state index contributed by atoms with van der Waals surface area (Å²) < 4.78 is 20.0. The van der Waals surface area contributed by atoms with Gasteiger partial charge in [0.15, 0.2) is 5.85 Å². The zero-order chi connectivity index (χ0) is 21.0. The van der Waals surface area contributed by atoms with Crippen LogP contribution in [0.5, 0.6) is 0 Å². The normalized spacial score (nSPS) is 14.2. The molecular formula is C22H22Cl2NO3P. The zero-order valence-electron chi connectivity index (χ0n) is 16.1. The van der Waals surface area contributed by atoms with E-state index >= 15 is 0 Å². The maximum atomic E-state index is 14.1. The number of hydrogen-bond donors (Lipinski definition) is 1. The van der Waals surface area contributed by atoms with Crippen molar-refractivity contribution < 1.29 is 14.2 Å². The molecule has 0 radical (unpaired) electrons. The maximum Gasteiger partial charge on any atom is 0.264 e. The Morgan fingerprint density at radius 3 is 2.07 bits per heavy atom. The third-order valence-electron chi connectivity index (χ3n) is 4.57. The van der Waals surface area contributed by atoms with Crippen LogP contribution in [0.15, 0.2) is 72.8 Å². The van der Waals surface area contributed by atoms with Gasteiger partial charge in [-0.15, -0.1) is 0 Å². The van der Waals surface area contributed by atoms with Crippen molar-refractivity contribution in [2.24, 2.45) is 0 Å². The third kappa shape index (κ3) is 4.85. The van der Waals surface area contributed by atoms with Crippen LogP contribution in [0, 0.1) is 0 Å². The van der Waals surface area contributed by atoms with Crippen LogP contribution in [0.3, 0.4) is 0 Å². The molecule has 1 N–H and O–H groups in total. The van der Waals surface area contributed by atoms with E-state index in [0.717, 1.165) is 11.3 Å². The van der Waals surface area contributed by atoms with Gasteiger partial charge in [0.1, 0.15) is 0 Å². The molecule has 29 heavy (non-hydrogen) atoms. The van der Waals surface area contributed by atoms with Crippen molar-refractivity contribution >= 4 is 41.6 Å². The van der Waals surface area contributed by atoms with Gasteiger partial charge in [-0.1, -0.05) is 59.6 Å². The van der Waals surface area contributed by atoms with Crippen molar-refractivity contribution in [3.05, 3.63) is 94.0 Å². The Balaban J connectivity index is 2.04. The molecule has 0 heterocycles. The van der Waals surface area contributed by atoms with E-state index in [0.29, 0.717) is 5.30 Å². The topological polar surface area (TPSA) is 49.8 Å². The predicted octanol–water partition coefficient (Wildman–Crippen LogP) is 5.87. The summed E-state index contributed by atoms with van der Waals surface area (Å²) in [5, 5.41) is 12.0. The van der Waals surface area contributed by atoms with E-state index in [4.69, 9.17) is 27.7 Å². The molecule has 3 aromatic rings. The fourth-order valence-electron chi connectivity index (χ4n) is 2.92. The van der Waals surface area contributed by atoms with Crippen LogP contribution in [0.4, 0.5) is 5.69 Å². The number of halogens is 2. The van der Waals surface area contributed by atoms with E-state index < -0.39 is 13.2 Å². The number of hydrogen-bond acceptors (Lipinski definition) is 4. The summed E-state index contributed by atoms with van der Waals surface area (Å²) in [6.45, 7) is 0.0761. The molecule has 2 atom stereocenters. The SMILES string of the molecule is CN(C)c1ccc([P@](=O)(OCc2ccccc2)[C@@H](O)c2c(Cl)cccc2Cl)cc1. The van der Waals surface area contributed by atoms with Gasteiger partial charge < -0.3 is 14.5 Å². The lowest BCUT2D eigenvalue weighted by Crippen LogP contribution is -2.16. The highest BCUT2D eigenvalue weighted by Gasteiger charge is 2.38. The van der Waals surface area contributed by atoms with E-state index in [2.05, 4.69) is 0 Å². The average molecular weight is 450 g/mol. The van der Waals surface area contributed by atoms with Crippen LogP contribution < -0.4 is 10.2 Å². The molecule has 0 aliphatic heterocycles. The number of aliphatic hydroxyl groups is 1. The minimum absolute atomic E-state index is 0.0761. The molecule has 0 bridgehead atoms. The molecule has 0 aromatic heterocycles. The summed E-state index contributed by atoms with van der Waals surface area (Å²) in [5.74, 6) is -1.50. The molecule has 0 unspecified atom stereocenters. The van der Waals surface area contributed by atoms with E-state index in [1.165, 1.54) is 0 Å². The van der Waals surface area contributed by atoms with E-state index in [-0.39, 0.29) is 22.2 Å². The molecule has 0 spiro atoms. The van der Waals surface area contributed by atoms with Crippen LogP contribution in [-0.2, 0) is 15.7 Å². The molecule has 0 saturated carbocycles. The van der Waals surface area contributed by atoms with Crippen molar-refractivity contribution in [1.82, 2.24) is 0 Å². The number of anilines is 1. The largest absolute Gasteiger partial charge is 0.378 e. The molecular weight excluding hydrogens is 428 g/mol. The summed E-state index contributed by atoms with van der Waals surface area (Å²) in [7, 11) is 0.0451. The van der Waals surface area contributed by atoms with Crippen LogP contribution in [0.2, 0.25) is 10.0 Å². The van der Waals surface area contributed by atoms with Gasteiger partial charge in [-0.3, -0.25) is 4.57 Å². The highest BCUT2D eigenvalue weighted by Crippen LogP contribution is 2.60. The van der Waals surface area contributed by atoms with E-state index in [1.54, 1.807) is 30.3 Å². The molecule has 3 aromatic carbocycles. The quantitative estimate of drug-likeness (QED) is 0.458. The summed E-state index contributed by atoms with van der Waals surface area (Å²) in [5.41, 5.74) is 1.98. The summed E-state index contributed by atoms with van der Waals surface area (Å²) in [4.78, 5) is 1.93. The fraction of sp³-hybridized carbons (Fsp3) is 0.182. The van der Waals surface area contributed by atoms with E-state index in [9.17, 15) is 9.67 Å². The van der Waals surface area contributed by atoms with Crippen LogP contribution >= 0.6 is 30.6 Å². The van der Waals surface area contributed by atoms with Crippen LogP contribution in [-0.4, -0.2) is 19.2 Å². The summed E-state index contributed by atoms with van der Waals surface area (Å²) >= 11 is 12.5. The number of benzene rings is 3. The molecule has 3 rings (SSSR count). The van der Waals surface area contributed by atoms with Crippen molar-refractivity contribution in [2.75, 3.05) is 19.0 Å². The van der Waals surface area contributed by atoms with Gasteiger partial charge in [0, 0.05) is 40.7 Å². The van der Waals surface area contributed by atoms with Gasteiger partial charge >= 0.3 is 0 Å². The van der Waals surface area contributed by atoms with Crippen LogP contribution in [0.25, 0.3) is 0 Å². The molecule has 0 aliphatic rings. The second kappa shape index (κ2) is 9.34. The third-order valence-corrected chi connectivity index (χ3v) is 7.66. The Labute approximate surface area is 181 Å². The lowest BCUT2D eigenvalue weighted by atomic mass is 10.2. The maximum absolute atomic E-state index is 14.1. The van der Waals surface area contributed by atoms with Gasteiger partial charge in [-0.05, 0) is 42.0 Å². The second-order valence-corrected chi connectivity index (χ2v) is 10.0. The van der Waals surface area contributed by atoms with Crippen molar-refractivity contribution in [3.8, 4) is 0 Å². The Morgan fingerprint density at radius 2 is 1.52 bits per heavy atom. The second-order valence-electron chi connectivity index (χ2n) is 6.78. The first-order valence-electron chi connectivity index (χ1n) is 9.01. The van der Waals surface area contributed by atoms with Crippen molar-refractivity contribution in [1.29, 1.82) is 0 Å². The van der Waals surface area contributed by atoms with Crippen LogP contribution in [0.1, 0.15) is 17.0 Å². The highest BCUT2D eigenvalue weighted by molar-refractivity contribution is 7.67. The highest BCUT2D eigenvalue weighted by atomic mass is 35.5. The monoisotopic (exact) mass is 449 g/mol. The zero-order valence-corrected chi connectivity index (χ0v) is 18.5. The minimum atomic E-state index is -3.79. The van der Waals surface area contributed by atoms with Gasteiger partial charge in [0.05, 0.1) is 6.61 Å². The lowest BCUT2D eigenvalue weighted by molar-refractivity contribution is 0.210. The lowest BCUT2D eigenvalue weighted by Gasteiger charge is -2.26. The standard InChI is InChI=1S/C22H22Cl2NO3P/c1-25(2)17-11-13-18(14-12-17)29(27,28-15-16-7-4-3-5-8-16)22(26)21-19(23)9-6-10-20(21)24/h3-14,22,26H,15H2,1-2H3/t22-,29+/m1/s1. The Hall–Kier alpha value is -1.81. The Morgan fingerprint density at radius 1 is 0.931 bits per heavy atom. The Bertz CT molecular complexity index is 990. The number of rotatable bonds is 7. The first kappa shape index (κ1) is 21.9. The molecule has 7 heteroatoms. The first-order chi connectivity index (χ1) is 13.8. The predicted molar refractivity (Wildman–Crippen MR) is 121 cm³/mol. The van der Waals surface area contributed by atoms with Crippen molar-refractivity contribution in [2.45, 2.75) is 12.5 Å². The molecule has 0 fully saturated rings. The molecule has 0 aliphatic carbocycles. The fourth-order valence-corrected chi connectivity index (χ4v) is 5.77.